The molecule has 3 rings (SSSR count). The molecule has 34 heavy (non-hydrogen) atoms. The van der Waals surface area contributed by atoms with Gasteiger partial charge in [-0.2, -0.15) is 0 Å². The zero-order valence-corrected chi connectivity index (χ0v) is 21.2. The first-order valence-corrected chi connectivity index (χ1v) is 14.3. The average molecular weight is 501 g/mol. The maximum absolute atomic E-state index is 12.7. The Balaban J connectivity index is 1.71. The Morgan fingerprint density at radius 3 is 2.06 bits per heavy atom. The highest BCUT2D eigenvalue weighted by molar-refractivity contribution is 7.92. The zero-order valence-electron chi connectivity index (χ0n) is 19.5. The van der Waals surface area contributed by atoms with Crippen molar-refractivity contribution >= 4 is 31.5 Å². The van der Waals surface area contributed by atoms with Crippen molar-refractivity contribution in [3.63, 3.8) is 0 Å². The average Bonchev–Trinajstić information content (AvgIpc) is 2.76. The smallest absolute Gasteiger partial charge is 0.251 e. The molecule has 0 heterocycles. The Hall–Kier alpha value is -3.17. The topological polar surface area (TPSA) is 101 Å². The molecule has 9 heteroatoms. The van der Waals surface area contributed by atoms with Gasteiger partial charge < -0.3 is 5.32 Å². The normalized spacial score (nSPS) is 12.7. The van der Waals surface area contributed by atoms with E-state index in [0.29, 0.717) is 11.3 Å². The van der Waals surface area contributed by atoms with Crippen molar-refractivity contribution in [2.75, 3.05) is 16.8 Å². The Labute approximate surface area is 201 Å². The van der Waals surface area contributed by atoms with Crippen LogP contribution < -0.4 is 9.62 Å². The number of nitrogens with one attached hydrogen (secondary N) is 1. The summed E-state index contributed by atoms with van der Waals surface area (Å²) in [5, 5.41) is 2.89. The third kappa shape index (κ3) is 6.45. The highest BCUT2D eigenvalue weighted by atomic mass is 32.2. The van der Waals surface area contributed by atoms with Crippen molar-refractivity contribution in [1.82, 2.24) is 5.32 Å². The molecule has 7 nitrogen and oxygen atoms in total. The van der Waals surface area contributed by atoms with E-state index in [9.17, 15) is 21.6 Å². The zero-order chi connectivity index (χ0) is 25.1. The quantitative estimate of drug-likeness (QED) is 0.506. The molecule has 0 aliphatic heterocycles. The minimum atomic E-state index is -3.50. The van der Waals surface area contributed by atoms with Gasteiger partial charge >= 0.3 is 0 Å². The van der Waals surface area contributed by atoms with Gasteiger partial charge in [0.15, 0.2) is 9.84 Å². The van der Waals surface area contributed by atoms with Gasteiger partial charge in [-0.15, -0.1) is 0 Å². The molecule has 0 aliphatic carbocycles. The van der Waals surface area contributed by atoms with E-state index < -0.39 is 19.9 Å². The number of carbonyl (C=O) groups is 1. The fourth-order valence-corrected chi connectivity index (χ4v) is 4.99. The van der Waals surface area contributed by atoms with Gasteiger partial charge in [0, 0.05) is 11.8 Å². The Morgan fingerprint density at radius 1 is 0.912 bits per heavy atom. The van der Waals surface area contributed by atoms with Crippen molar-refractivity contribution in [3.05, 3.63) is 95.1 Å². The van der Waals surface area contributed by atoms with E-state index in [1.54, 1.807) is 42.5 Å². The Morgan fingerprint density at radius 2 is 1.53 bits per heavy atom. The maximum Gasteiger partial charge on any atom is 0.251 e. The monoisotopic (exact) mass is 500 g/mol. The molecule has 0 saturated heterocycles. The third-order valence-corrected chi connectivity index (χ3v) is 7.66. The van der Waals surface area contributed by atoms with E-state index in [0.717, 1.165) is 22.9 Å². The van der Waals surface area contributed by atoms with E-state index >= 15 is 0 Å². The second-order valence-corrected chi connectivity index (χ2v) is 12.3. The maximum atomic E-state index is 12.7. The van der Waals surface area contributed by atoms with Crippen molar-refractivity contribution in [1.29, 1.82) is 0 Å². The number of benzene rings is 3. The number of sulfonamides is 1. The molecule has 1 amide bonds. The van der Waals surface area contributed by atoms with E-state index in [1.807, 2.05) is 32.0 Å². The van der Waals surface area contributed by atoms with Crippen LogP contribution in [0.3, 0.4) is 0 Å². The molecule has 180 valence electrons. The summed E-state index contributed by atoms with van der Waals surface area (Å²) < 4.78 is 49.3. The number of hydrogen-bond acceptors (Lipinski definition) is 5. The number of carbonyl (C=O) groups excluding carboxylic acids is 1. The number of hydrogen-bond donors (Lipinski definition) is 1. The number of amides is 1. The van der Waals surface area contributed by atoms with Crippen molar-refractivity contribution in [3.8, 4) is 0 Å². The summed E-state index contributed by atoms with van der Waals surface area (Å²) in [5.41, 5.74) is 3.50. The van der Waals surface area contributed by atoms with Crippen LogP contribution in [0.15, 0.2) is 77.7 Å². The van der Waals surface area contributed by atoms with Gasteiger partial charge in [-0.1, -0.05) is 36.4 Å². The molecule has 0 radical (unpaired) electrons. The predicted octanol–water partition coefficient (Wildman–Crippen LogP) is 3.86. The van der Waals surface area contributed by atoms with Crippen LogP contribution >= 0.6 is 0 Å². The van der Waals surface area contributed by atoms with Crippen LogP contribution in [0.1, 0.15) is 40.0 Å². The highest BCUT2D eigenvalue weighted by Gasteiger charge is 2.19. The van der Waals surface area contributed by atoms with E-state index in [4.69, 9.17) is 0 Å². The molecular formula is C25H28N2O5S2. The fourth-order valence-electron chi connectivity index (χ4n) is 3.48. The molecule has 0 unspecified atom stereocenters. The molecule has 1 atom stereocenters. The molecule has 3 aromatic rings. The molecule has 0 spiro atoms. The van der Waals surface area contributed by atoms with Crippen LogP contribution in [0.4, 0.5) is 5.69 Å². The molecular weight excluding hydrogens is 472 g/mol. The van der Waals surface area contributed by atoms with Gasteiger partial charge in [0.2, 0.25) is 10.0 Å². The largest absolute Gasteiger partial charge is 0.346 e. The van der Waals surface area contributed by atoms with E-state index in [1.165, 1.54) is 22.7 Å². The fraction of sp³-hybridized carbons (Fsp3) is 0.240. The molecule has 1 N–H and O–H groups in total. The van der Waals surface area contributed by atoms with Crippen molar-refractivity contribution < 1.29 is 21.6 Å². The van der Waals surface area contributed by atoms with E-state index in [2.05, 4.69) is 5.32 Å². The summed E-state index contributed by atoms with van der Waals surface area (Å²) in [6.07, 6.45) is 2.31. The van der Waals surface area contributed by atoms with Crippen LogP contribution in [0, 0.1) is 6.92 Å². The SMILES string of the molecule is Cc1cccc(N(Cc2ccc(C(=O)N[C@H](C)c3ccc(S(C)(=O)=O)cc3)cc2)S(C)(=O)=O)c1. The van der Waals surface area contributed by atoms with Gasteiger partial charge in [0.1, 0.15) is 0 Å². The lowest BCUT2D eigenvalue weighted by Crippen LogP contribution is -2.29. The number of sulfone groups is 1. The number of nitrogens with zero attached hydrogens (tertiary/aromatic N) is 1. The minimum Gasteiger partial charge on any atom is -0.346 e. The lowest BCUT2D eigenvalue weighted by molar-refractivity contribution is 0.0940. The number of anilines is 1. The first-order chi connectivity index (χ1) is 15.8. The summed E-state index contributed by atoms with van der Waals surface area (Å²) in [7, 11) is -6.78. The first-order valence-electron chi connectivity index (χ1n) is 10.6. The van der Waals surface area contributed by atoms with Crippen molar-refractivity contribution in [2.24, 2.45) is 0 Å². The standard InChI is InChI=1S/C25H28N2O5S2/c1-18-6-5-7-23(16-18)27(34(4,31)32)17-20-8-10-22(11-9-20)25(28)26-19(2)21-12-14-24(15-13-21)33(3,29)30/h5-16,19H,17H2,1-4H3,(H,26,28)/t19-/m1/s1. The summed E-state index contributed by atoms with van der Waals surface area (Å²) in [4.78, 5) is 12.9. The number of aryl methyl sites for hydroxylation is 1. The lowest BCUT2D eigenvalue weighted by atomic mass is 10.1. The molecule has 0 saturated carbocycles. The van der Waals surface area contributed by atoms with Crippen molar-refractivity contribution in [2.45, 2.75) is 31.3 Å². The molecule has 0 bridgehead atoms. The molecule has 0 aromatic heterocycles. The number of rotatable bonds is 8. The van der Waals surface area contributed by atoms with Crippen LogP contribution in [0.25, 0.3) is 0 Å². The molecule has 0 fully saturated rings. The summed E-state index contributed by atoms with van der Waals surface area (Å²) in [5.74, 6) is -0.287. The third-order valence-electron chi connectivity index (χ3n) is 5.39. The van der Waals surface area contributed by atoms with Crippen LogP contribution in [-0.2, 0) is 26.4 Å². The van der Waals surface area contributed by atoms with Gasteiger partial charge in [0.05, 0.1) is 29.4 Å². The van der Waals surface area contributed by atoms with E-state index in [-0.39, 0.29) is 23.4 Å². The summed E-state index contributed by atoms with van der Waals surface area (Å²) in [6.45, 7) is 3.86. The van der Waals surface area contributed by atoms with Crippen LogP contribution in [0.2, 0.25) is 0 Å². The molecule has 0 aliphatic rings. The minimum absolute atomic E-state index is 0.146. The van der Waals surface area contributed by atoms with Gasteiger partial charge in [-0.3, -0.25) is 9.10 Å². The first kappa shape index (κ1) is 25.5. The Kier molecular flexibility index (Phi) is 7.48. The van der Waals surface area contributed by atoms with Gasteiger partial charge in [0.25, 0.3) is 5.91 Å². The highest BCUT2D eigenvalue weighted by Crippen LogP contribution is 2.22. The summed E-state index contributed by atoms with van der Waals surface area (Å²) >= 11 is 0. The second-order valence-electron chi connectivity index (χ2n) is 8.34. The summed E-state index contributed by atoms with van der Waals surface area (Å²) in [6, 6.07) is 20.1. The van der Waals surface area contributed by atoms with Crippen LogP contribution in [0.5, 0.6) is 0 Å². The molecule has 3 aromatic carbocycles. The van der Waals surface area contributed by atoms with Crippen LogP contribution in [-0.4, -0.2) is 35.3 Å². The second kappa shape index (κ2) is 9.99. The predicted molar refractivity (Wildman–Crippen MR) is 134 cm³/mol. The van der Waals surface area contributed by atoms with Gasteiger partial charge in [-0.05, 0) is 66.9 Å². The lowest BCUT2D eigenvalue weighted by Gasteiger charge is -2.23. The Bertz CT molecular complexity index is 1380. The van der Waals surface area contributed by atoms with Gasteiger partial charge in [-0.25, -0.2) is 16.8 Å².